The molecule has 0 fully saturated rings. The standard InChI is InChI=1S/C24H19ClN2O5S/c1-15-7-6-8-16(13-15)23(29)22-24(30)17-9-2-5-12-20(17)33(31,32)27(22)14-21(28)26-19-11-4-3-10-18(19)25/h2-13,22H,14H2,1H3,(H,26,28). The summed E-state index contributed by atoms with van der Waals surface area (Å²) < 4.78 is 27.5. The number of para-hydroxylation sites is 1. The highest BCUT2D eigenvalue weighted by Gasteiger charge is 2.48. The molecular formula is C24H19ClN2O5S. The second-order valence-electron chi connectivity index (χ2n) is 7.57. The number of hydrogen-bond acceptors (Lipinski definition) is 5. The number of amides is 1. The smallest absolute Gasteiger partial charge is 0.245 e. The first-order valence-corrected chi connectivity index (χ1v) is 11.8. The molecule has 1 aliphatic rings. The molecule has 4 rings (SSSR count). The van der Waals surface area contributed by atoms with Gasteiger partial charge < -0.3 is 5.32 Å². The Morgan fingerprint density at radius 1 is 1.00 bits per heavy atom. The van der Waals surface area contributed by atoms with Crippen molar-refractivity contribution in [3.63, 3.8) is 0 Å². The molecule has 0 saturated heterocycles. The number of benzene rings is 3. The Morgan fingerprint density at radius 3 is 2.42 bits per heavy atom. The lowest BCUT2D eigenvalue weighted by atomic mass is 9.95. The van der Waals surface area contributed by atoms with Crippen LogP contribution in [0.5, 0.6) is 0 Å². The lowest BCUT2D eigenvalue weighted by Crippen LogP contribution is -2.55. The Hall–Kier alpha value is -3.33. The zero-order valence-corrected chi connectivity index (χ0v) is 19.1. The van der Waals surface area contributed by atoms with Crippen LogP contribution in [0.25, 0.3) is 0 Å². The number of rotatable bonds is 5. The highest BCUT2D eigenvalue weighted by Crippen LogP contribution is 2.32. The molecule has 3 aromatic rings. The molecule has 7 nitrogen and oxygen atoms in total. The number of nitrogens with one attached hydrogen (secondary N) is 1. The molecule has 168 valence electrons. The van der Waals surface area contributed by atoms with E-state index in [0.29, 0.717) is 4.31 Å². The van der Waals surface area contributed by atoms with Gasteiger partial charge in [-0.25, -0.2) is 8.42 Å². The first kappa shape index (κ1) is 22.8. The van der Waals surface area contributed by atoms with Crippen molar-refractivity contribution in [2.75, 3.05) is 11.9 Å². The average Bonchev–Trinajstić information content (AvgIpc) is 2.79. The van der Waals surface area contributed by atoms with Gasteiger partial charge in [0.15, 0.2) is 17.6 Å². The van der Waals surface area contributed by atoms with Crippen molar-refractivity contribution in [1.29, 1.82) is 0 Å². The predicted octanol–water partition coefficient (Wildman–Crippen LogP) is 3.73. The molecule has 1 amide bonds. The monoisotopic (exact) mass is 482 g/mol. The van der Waals surface area contributed by atoms with E-state index in [4.69, 9.17) is 11.6 Å². The third-order valence-corrected chi connectivity index (χ3v) is 7.47. The topological polar surface area (TPSA) is 101 Å². The van der Waals surface area contributed by atoms with Gasteiger partial charge in [-0.2, -0.15) is 4.31 Å². The summed E-state index contributed by atoms with van der Waals surface area (Å²) in [5, 5.41) is 2.81. The highest BCUT2D eigenvalue weighted by atomic mass is 35.5. The molecule has 1 N–H and O–H groups in total. The van der Waals surface area contributed by atoms with Gasteiger partial charge in [-0.05, 0) is 37.3 Å². The van der Waals surface area contributed by atoms with Crippen LogP contribution < -0.4 is 5.32 Å². The molecule has 33 heavy (non-hydrogen) atoms. The Morgan fingerprint density at radius 2 is 1.70 bits per heavy atom. The van der Waals surface area contributed by atoms with Crippen LogP contribution in [0.1, 0.15) is 26.3 Å². The van der Waals surface area contributed by atoms with Crippen LogP contribution in [-0.2, 0) is 14.8 Å². The van der Waals surface area contributed by atoms with Gasteiger partial charge in [0, 0.05) is 11.1 Å². The number of anilines is 1. The molecular weight excluding hydrogens is 464 g/mol. The van der Waals surface area contributed by atoms with Crippen LogP contribution in [0.15, 0.2) is 77.7 Å². The zero-order valence-electron chi connectivity index (χ0n) is 17.5. The van der Waals surface area contributed by atoms with E-state index >= 15 is 0 Å². The minimum atomic E-state index is -4.33. The third-order valence-electron chi connectivity index (χ3n) is 5.27. The molecule has 3 aromatic carbocycles. The zero-order chi connectivity index (χ0) is 23.8. The Labute approximate surface area is 196 Å². The van der Waals surface area contributed by atoms with Crippen molar-refractivity contribution in [1.82, 2.24) is 4.31 Å². The van der Waals surface area contributed by atoms with Gasteiger partial charge in [0.25, 0.3) is 0 Å². The summed E-state index contributed by atoms with van der Waals surface area (Å²) in [6.45, 7) is 1.04. The summed E-state index contributed by atoms with van der Waals surface area (Å²) >= 11 is 6.08. The molecule has 9 heteroatoms. The van der Waals surface area contributed by atoms with Crippen LogP contribution in [-0.4, -0.2) is 42.8 Å². The van der Waals surface area contributed by atoms with Crippen LogP contribution in [0.4, 0.5) is 5.69 Å². The van der Waals surface area contributed by atoms with Crippen molar-refractivity contribution in [2.24, 2.45) is 0 Å². The van der Waals surface area contributed by atoms with Crippen LogP contribution in [0.3, 0.4) is 0 Å². The summed E-state index contributed by atoms with van der Waals surface area (Å²) in [5.74, 6) is -2.12. The van der Waals surface area contributed by atoms with E-state index in [0.717, 1.165) is 5.56 Å². The van der Waals surface area contributed by atoms with Crippen molar-refractivity contribution in [3.8, 4) is 0 Å². The second kappa shape index (κ2) is 8.90. The Bertz CT molecular complexity index is 1390. The van der Waals surface area contributed by atoms with Gasteiger partial charge in [-0.1, -0.05) is 59.6 Å². The molecule has 1 heterocycles. The van der Waals surface area contributed by atoms with Crippen molar-refractivity contribution in [3.05, 3.63) is 94.5 Å². The summed E-state index contributed by atoms with van der Waals surface area (Å²) in [7, 11) is -4.33. The normalized spacial score (nSPS) is 17.3. The number of carbonyl (C=O) groups excluding carboxylic acids is 3. The summed E-state index contributed by atoms with van der Waals surface area (Å²) in [4.78, 5) is 39.3. The first-order chi connectivity index (χ1) is 15.7. The maximum absolute atomic E-state index is 13.4. The van der Waals surface area contributed by atoms with E-state index in [-0.39, 0.29) is 26.7 Å². The van der Waals surface area contributed by atoms with Crippen LogP contribution >= 0.6 is 11.6 Å². The highest BCUT2D eigenvalue weighted by molar-refractivity contribution is 7.89. The number of Topliss-reactive ketones (excluding diaryl/α,β-unsaturated/α-hetero) is 2. The fourth-order valence-corrected chi connectivity index (χ4v) is 5.60. The quantitative estimate of drug-likeness (QED) is 0.441. The number of hydrogen-bond donors (Lipinski definition) is 1. The lowest BCUT2D eigenvalue weighted by molar-refractivity contribution is -0.116. The number of ketones is 2. The molecule has 1 aliphatic heterocycles. The second-order valence-corrected chi connectivity index (χ2v) is 9.84. The van der Waals surface area contributed by atoms with Crippen molar-refractivity contribution < 1.29 is 22.8 Å². The first-order valence-electron chi connectivity index (χ1n) is 10.0. The van der Waals surface area contributed by atoms with Gasteiger partial charge in [0.1, 0.15) is 0 Å². The minimum absolute atomic E-state index is 0.0775. The van der Waals surface area contributed by atoms with E-state index in [1.54, 1.807) is 49.4 Å². The molecule has 1 unspecified atom stereocenters. The van der Waals surface area contributed by atoms with E-state index in [1.165, 1.54) is 30.3 Å². The lowest BCUT2D eigenvalue weighted by Gasteiger charge is -2.33. The fraction of sp³-hybridized carbons (Fsp3) is 0.125. The molecule has 0 radical (unpaired) electrons. The summed E-state index contributed by atoms with van der Waals surface area (Å²) in [6, 6.07) is 16.9. The third kappa shape index (κ3) is 4.32. The minimum Gasteiger partial charge on any atom is -0.324 e. The number of sulfonamides is 1. The number of nitrogens with zero attached hydrogens (tertiary/aromatic N) is 1. The van der Waals surface area contributed by atoms with E-state index in [2.05, 4.69) is 5.32 Å². The Kier molecular flexibility index (Phi) is 6.16. The number of aryl methyl sites for hydroxylation is 1. The summed E-state index contributed by atoms with van der Waals surface area (Å²) in [6.07, 6.45) is 0. The van der Waals surface area contributed by atoms with Crippen molar-refractivity contribution >= 4 is 44.8 Å². The molecule has 0 spiro atoms. The van der Waals surface area contributed by atoms with E-state index in [1.807, 2.05) is 0 Å². The molecule has 0 aromatic heterocycles. The molecule has 0 saturated carbocycles. The van der Waals surface area contributed by atoms with Crippen molar-refractivity contribution in [2.45, 2.75) is 17.9 Å². The fourth-order valence-electron chi connectivity index (χ4n) is 3.71. The summed E-state index contributed by atoms with van der Waals surface area (Å²) in [5.41, 5.74) is 1.16. The largest absolute Gasteiger partial charge is 0.324 e. The van der Waals surface area contributed by atoms with Gasteiger partial charge in [-0.3, -0.25) is 14.4 Å². The maximum atomic E-state index is 13.4. The average molecular weight is 483 g/mol. The van der Waals surface area contributed by atoms with Gasteiger partial charge >= 0.3 is 0 Å². The van der Waals surface area contributed by atoms with Gasteiger partial charge in [0.05, 0.1) is 22.2 Å². The van der Waals surface area contributed by atoms with E-state index in [9.17, 15) is 22.8 Å². The van der Waals surface area contributed by atoms with Gasteiger partial charge in [-0.15, -0.1) is 0 Å². The predicted molar refractivity (Wildman–Crippen MR) is 124 cm³/mol. The number of fused-ring (bicyclic) bond motifs is 1. The molecule has 0 bridgehead atoms. The Balaban J connectivity index is 1.76. The SMILES string of the molecule is Cc1cccc(C(=O)C2C(=O)c3ccccc3S(=O)(=O)N2CC(=O)Nc2ccccc2Cl)c1. The van der Waals surface area contributed by atoms with Gasteiger partial charge in [0.2, 0.25) is 15.9 Å². The van der Waals surface area contributed by atoms with Crippen LogP contribution in [0, 0.1) is 6.92 Å². The number of halogens is 1. The van der Waals surface area contributed by atoms with E-state index < -0.39 is 40.1 Å². The maximum Gasteiger partial charge on any atom is 0.245 e. The molecule has 1 atom stereocenters. The number of carbonyl (C=O) groups is 3. The van der Waals surface area contributed by atoms with Crippen LogP contribution in [0.2, 0.25) is 5.02 Å². The molecule has 0 aliphatic carbocycles.